The summed E-state index contributed by atoms with van der Waals surface area (Å²) in [6.07, 6.45) is 3.05. The van der Waals surface area contributed by atoms with Crippen molar-refractivity contribution in [3.05, 3.63) is 35.4 Å². The van der Waals surface area contributed by atoms with Gasteiger partial charge in [0.15, 0.2) is 0 Å². The maximum Gasteiger partial charge on any atom is 0.317 e. The average Bonchev–Trinajstić information content (AvgIpc) is 2.62. The van der Waals surface area contributed by atoms with Gasteiger partial charge < -0.3 is 15.3 Å². The van der Waals surface area contributed by atoms with E-state index in [9.17, 15) is 9.90 Å². The Labute approximate surface area is 152 Å². The fraction of sp³-hybridized carbons (Fsp3) is 0.650. The summed E-state index contributed by atoms with van der Waals surface area (Å²) in [5.74, 6) is 0. The number of urea groups is 1. The Morgan fingerprint density at radius 1 is 1.28 bits per heavy atom. The summed E-state index contributed by atoms with van der Waals surface area (Å²) in [6, 6.07) is 8.53. The number of fused-ring (bicyclic) bond motifs is 1. The van der Waals surface area contributed by atoms with Crippen LogP contribution in [0.2, 0.25) is 0 Å². The fourth-order valence-corrected chi connectivity index (χ4v) is 3.31. The van der Waals surface area contributed by atoms with Gasteiger partial charge in [-0.2, -0.15) is 0 Å². The van der Waals surface area contributed by atoms with E-state index in [1.807, 2.05) is 0 Å². The second-order valence-corrected chi connectivity index (χ2v) is 7.48. The number of carbonyl (C=O) groups excluding carboxylic acids is 1. The van der Waals surface area contributed by atoms with E-state index in [0.717, 1.165) is 32.4 Å². The third-order valence-electron chi connectivity index (χ3n) is 5.10. The van der Waals surface area contributed by atoms with Gasteiger partial charge in [0.25, 0.3) is 0 Å². The van der Waals surface area contributed by atoms with Crippen LogP contribution in [0.3, 0.4) is 0 Å². The molecular weight excluding hydrogens is 314 g/mol. The molecule has 5 heteroatoms. The molecular formula is C20H33N3O2. The SMILES string of the molecule is CCCCN(CCO)C(=O)NCC(C)(C)N1CCc2ccccc2C1. The number of aliphatic hydroxyl groups excluding tert-OH is 1. The summed E-state index contributed by atoms with van der Waals surface area (Å²) in [4.78, 5) is 16.6. The normalized spacial score (nSPS) is 14.9. The molecule has 0 saturated heterocycles. The molecule has 1 aromatic carbocycles. The number of hydrogen-bond donors (Lipinski definition) is 2. The van der Waals surface area contributed by atoms with Crippen molar-refractivity contribution in [2.75, 3.05) is 32.8 Å². The smallest absolute Gasteiger partial charge is 0.317 e. The zero-order valence-electron chi connectivity index (χ0n) is 15.9. The van der Waals surface area contributed by atoms with Gasteiger partial charge in [0.2, 0.25) is 0 Å². The lowest BCUT2D eigenvalue weighted by Gasteiger charge is -2.42. The van der Waals surface area contributed by atoms with Gasteiger partial charge in [0.1, 0.15) is 0 Å². The zero-order valence-corrected chi connectivity index (χ0v) is 15.9. The lowest BCUT2D eigenvalue weighted by molar-refractivity contribution is 0.101. The van der Waals surface area contributed by atoms with E-state index in [-0.39, 0.29) is 18.2 Å². The predicted octanol–water partition coefficient (Wildman–Crippen LogP) is 2.63. The van der Waals surface area contributed by atoms with Crippen molar-refractivity contribution in [2.45, 2.75) is 52.1 Å². The highest BCUT2D eigenvalue weighted by atomic mass is 16.3. The highest BCUT2D eigenvalue weighted by Gasteiger charge is 2.30. The van der Waals surface area contributed by atoms with Crippen LogP contribution in [-0.2, 0) is 13.0 Å². The van der Waals surface area contributed by atoms with Gasteiger partial charge in [-0.1, -0.05) is 37.6 Å². The predicted molar refractivity (Wildman–Crippen MR) is 102 cm³/mol. The molecule has 2 rings (SSSR count). The van der Waals surface area contributed by atoms with Crippen molar-refractivity contribution in [3.63, 3.8) is 0 Å². The van der Waals surface area contributed by atoms with Gasteiger partial charge in [0.05, 0.1) is 6.61 Å². The third kappa shape index (κ3) is 5.44. The first kappa shape index (κ1) is 19.7. The van der Waals surface area contributed by atoms with Crippen molar-refractivity contribution < 1.29 is 9.90 Å². The topological polar surface area (TPSA) is 55.8 Å². The van der Waals surface area contributed by atoms with E-state index in [1.165, 1.54) is 11.1 Å². The van der Waals surface area contributed by atoms with Crippen molar-refractivity contribution >= 4 is 6.03 Å². The highest BCUT2D eigenvalue weighted by molar-refractivity contribution is 5.74. The van der Waals surface area contributed by atoms with Crippen molar-refractivity contribution in [3.8, 4) is 0 Å². The molecule has 25 heavy (non-hydrogen) atoms. The standard InChI is InChI=1S/C20H33N3O2/c1-4-5-11-22(13-14-24)19(25)21-16-20(2,3)23-12-10-17-8-6-7-9-18(17)15-23/h6-9,24H,4-5,10-16H2,1-3H3,(H,21,25). The van der Waals surface area contributed by atoms with E-state index in [2.05, 4.69) is 55.3 Å². The van der Waals surface area contributed by atoms with Gasteiger partial charge in [-0.05, 0) is 37.8 Å². The highest BCUT2D eigenvalue weighted by Crippen LogP contribution is 2.24. The molecule has 0 spiro atoms. The Kier molecular flexibility index (Phi) is 7.26. The number of carbonyl (C=O) groups is 1. The van der Waals surface area contributed by atoms with Gasteiger partial charge in [0, 0.05) is 38.3 Å². The summed E-state index contributed by atoms with van der Waals surface area (Å²) in [7, 11) is 0. The molecule has 2 amide bonds. The Hall–Kier alpha value is -1.59. The van der Waals surface area contributed by atoms with E-state index in [4.69, 9.17) is 0 Å². The van der Waals surface area contributed by atoms with Crippen LogP contribution in [0, 0.1) is 0 Å². The Balaban J connectivity index is 1.91. The minimum absolute atomic E-state index is 0.00341. The van der Waals surface area contributed by atoms with Crippen LogP contribution in [0.15, 0.2) is 24.3 Å². The van der Waals surface area contributed by atoms with E-state index in [1.54, 1.807) is 4.90 Å². The summed E-state index contributed by atoms with van der Waals surface area (Å²) < 4.78 is 0. The molecule has 0 radical (unpaired) electrons. The molecule has 0 atom stereocenters. The molecule has 1 heterocycles. The number of nitrogens with zero attached hydrogens (tertiary/aromatic N) is 2. The van der Waals surface area contributed by atoms with Gasteiger partial charge >= 0.3 is 6.03 Å². The number of amides is 2. The van der Waals surface area contributed by atoms with Crippen molar-refractivity contribution in [2.24, 2.45) is 0 Å². The molecule has 140 valence electrons. The summed E-state index contributed by atoms with van der Waals surface area (Å²) >= 11 is 0. The first-order valence-corrected chi connectivity index (χ1v) is 9.43. The molecule has 1 aliphatic heterocycles. The van der Waals surface area contributed by atoms with Crippen LogP contribution in [0.1, 0.15) is 44.7 Å². The van der Waals surface area contributed by atoms with Crippen LogP contribution in [-0.4, -0.2) is 59.3 Å². The van der Waals surface area contributed by atoms with Crippen LogP contribution in [0.4, 0.5) is 4.79 Å². The van der Waals surface area contributed by atoms with Gasteiger partial charge in [-0.3, -0.25) is 4.90 Å². The molecule has 2 N–H and O–H groups in total. The lowest BCUT2D eigenvalue weighted by atomic mass is 9.94. The number of aliphatic hydroxyl groups is 1. The first-order valence-electron chi connectivity index (χ1n) is 9.43. The molecule has 0 fully saturated rings. The number of rotatable bonds is 8. The maximum absolute atomic E-state index is 12.5. The summed E-state index contributed by atoms with van der Waals surface area (Å²) in [5.41, 5.74) is 2.71. The summed E-state index contributed by atoms with van der Waals surface area (Å²) in [6.45, 7) is 10.1. The minimum Gasteiger partial charge on any atom is -0.395 e. The van der Waals surface area contributed by atoms with Crippen LogP contribution in [0.5, 0.6) is 0 Å². The second-order valence-electron chi connectivity index (χ2n) is 7.48. The molecule has 0 bridgehead atoms. The minimum atomic E-state index is -0.112. The van der Waals surface area contributed by atoms with Crippen molar-refractivity contribution in [1.82, 2.24) is 15.1 Å². The number of benzene rings is 1. The Bertz CT molecular complexity index is 560. The first-order chi connectivity index (χ1) is 12.0. The fourth-order valence-electron chi connectivity index (χ4n) is 3.31. The zero-order chi connectivity index (χ0) is 18.3. The molecule has 5 nitrogen and oxygen atoms in total. The molecule has 0 unspecified atom stereocenters. The summed E-state index contributed by atoms with van der Waals surface area (Å²) in [5, 5.41) is 12.3. The van der Waals surface area contributed by atoms with Crippen molar-refractivity contribution in [1.29, 1.82) is 0 Å². The molecule has 1 aromatic rings. The number of nitrogens with one attached hydrogen (secondary N) is 1. The quantitative estimate of drug-likeness (QED) is 0.760. The van der Waals surface area contributed by atoms with E-state index >= 15 is 0 Å². The van der Waals surface area contributed by atoms with Gasteiger partial charge in [-0.15, -0.1) is 0 Å². The van der Waals surface area contributed by atoms with Crippen LogP contribution < -0.4 is 5.32 Å². The number of unbranched alkanes of at least 4 members (excludes halogenated alkanes) is 1. The lowest BCUT2D eigenvalue weighted by Crippen LogP contribution is -2.55. The molecule has 1 aliphatic rings. The van der Waals surface area contributed by atoms with E-state index < -0.39 is 0 Å². The average molecular weight is 348 g/mol. The maximum atomic E-state index is 12.5. The molecule has 0 saturated carbocycles. The Morgan fingerprint density at radius 3 is 2.68 bits per heavy atom. The monoisotopic (exact) mass is 347 g/mol. The Morgan fingerprint density at radius 2 is 2.00 bits per heavy atom. The van der Waals surface area contributed by atoms with Crippen LogP contribution >= 0.6 is 0 Å². The molecule has 0 aromatic heterocycles. The second kappa shape index (κ2) is 9.20. The van der Waals surface area contributed by atoms with Gasteiger partial charge in [-0.25, -0.2) is 4.79 Å². The third-order valence-corrected chi connectivity index (χ3v) is 5.10. The number of hydrogen-bond acceptors (Lipinski definition) is 3. The van der Waals surface area contributed by atoms with E-state index in [0.29, 0.717) is 19.6 Å². The van der Waals surface area contributed by atoms with Crippen LogP contribution in [0.25, 0.3) is 0 Å². The molecule has 0 aliphatic carbocycles. The largest absolute Gasteiger partial charge is 0.395 e.